The van der Waals surface area contributed by atoms with Gasteiger partial charge < -0.3 is 15.0 Å². The Bertz CT molecular complexity index is 398. The van der Waals surface area contributed by atoms with E-state index < -0.39 is 0 Å². The molecule has 0 bridgehead atoms. The minimum absolute atomic E-state index is 0.162. The molecule has 5 heteroatoms. The van der Waals surface area contributed by atoms with E-state index in [0.29, 0.717) is 5.82 Å². The van der Waals surface area contributed by atoms with Crippen LogP contribution in [-0.4, -0.2) is 23.6 Å². The number of anilines is 1. The molecular weight excluding hydrogens is 206 g/mol. The predicted molar refractivity (Wildman–Crippen MR) is 64.0 cm³/mol. The van der Waals surface area contributed by atoms with Crippen molar-refractivity contribution in [1.82, 2.24) is 9.97 Å². The molecule has 0 atom stereocenters. The number of H-pyrrole nitrogens is 1. The smallest absolute Gasteiger partial charge is 0.295 e. The van der Waals surface area contributed by atoms with Crippen molar-refractivity contribution in [2.24, 2.45) is 5.41 Å². The van der Waals surface area contributed by atoms with Crippen LogP contribution in [0.3, 0.4) is 0 Å². The van der Waals surface area contributed by atoms with Crippen LogP contribution in [0.4, 0.5) is 5.82 Å². The average molecular weight is 225 g/mol. The highest BCUT2D eigenvalue weighted by Crippen LogP contribution is 2.22. The van der Waals surface area contributed by atoms with Gasteiger partial charge in [0.2, 0.25) is 5.75 Å². The number of aromatic nitrogens is 2. The fourth-order valence-electron chi connectivity index (χ4n) is 1.15. The molecule has 0 saturated heterocycles. The van der Waals surface area contributed by atoms with Crippen LogP contribution in [0.25, 0.3) is 0 Å². The summed E-state index contributed by atoms with van der Waals surface area (Å²) in [4.78, 5) is 17.9. The van der Waals surface area contributed by atoms with Gasteiger partial charge in [0.25, 0.3) is 5.56 Å². The zero-order chi connectivity index (χ0) is 12.2. The predicted octanol–water partition coefficient (Wildman–Crippen LogP) is 1.63. The number of hydrogen-bond acceptors (Lipinski definition) is 4. The Labute approximate surface area is 95.3 Å². The van der Waals surface area contributed by atoms with E-state index in [1.54, 1.807) is 0 Å². The third-order valence-corrected chi connectivity index (χ3v) is 2.71. The van der Waals surface area contributed by atoms with E-state index in [1.807, 2.05) is 0 Å². The van der Waals surface area contributed by atoms with E-state index >= 15 is 0 Å². The zero-order valence-corrected chi connectivity index (χ0v) is 10.3. The monoisotopic (exact) mass is 225 g/mol. The summed E-state index contributed by atoms with van der Waals surface area (Å²) in [6.45, 7) is 7.18. The second-order valence-corrected chi connectivity index (χ2v) is 4.48. The normalized spacial score (nSPS) is 11.2. The molecule has 16 heavy (non-hydrogen) atoms. The van der Waals surface area contributed by atoms with E-state index in [4.69, 9.17) is 4.74 Å². The SMILES string of the molecule is CCC(C)(C)CNc1nc[nH]c(=O)c1OC. The summed E-state index contributed by atoms with van der Waals surface area (Å²) in [5.41, 5.74) is -0.107. The molecule has 0 spiro atoms. The second-order valence-electron chi connectivity index (χ2n) is 4.48. The van der Waals surface area contributed by atoms with Gasteiger partial charge in [-0.1, -0.05) is 20.8 Å². The molecule has 1 rings (SSSR count). The Hall–Kier alpha value is -1.52. The van der Waals surface area contributed by atoms with Crippen molar-refractivity contribution in [3.05, 3.63) is 16.7 Å². The number of aromatic amines is 1. The maximum absolute atomic E-state index is 11.4. The number of hydrogen-bond donors (Lipinski definition) is 2. The van der Waals surface area contributed by atoms with E-state index in [9.17, 15) is 4.79 Å². The van der Waals surface area contributed by atoms with Gasteiger partial charge in [0.1, 0.15) is 0 Å². The maximum Gasteiger partial charge on any atom is 0.295 e. The Morgan fingerprint density at radius 2 is 2.25 bits per heavy atom. The lowest BCUT2D eigenvalue weighted by Crippen LogP contribution is -2.24. The van der Waals surface area contributed by atoms with Gasteiger partial charge >= 0.3 is 0 Å². The molecule has 0 saturated carbocycles. The van der Waals surface area contributed by atoms with Crippen LogP contribution >= 0.6 is 0 Å². The molecule has 1 heterocycles. The average Bonchev–Trinajstić information content (AvgIpc) is 2.26. The van der Waals surface area contributed by atoms with Gasteiger partial charge in [-0.25, -0.2) is 4.98 Å². The lowest BCUT2D eigenvalue weighted by atomic mass is 9.90. The molecular formula is C11H19N3O2. The first-order valence-corrected chi connectivity index (χ1v) is 5.35. The molecule has 2 N–H and O–H groups in total. The van der Waals surface area contributed by atoms with Crippen LogP contribution in [0.5, 0.6) is 5.75 Å². The van der Waals surface area contributed by atoms with Crippen LogP contribution in [-0.2, 0) is 0 Å². The number of methoxy groups -OCH3 is 1. The van der Waals surface area contributed by atoms with Crippen molar-refractivity contribution >= 4 is 5.82 Å². The van der Waals surface area contributed by atoms with Crippen molar-refractivity contribution in [3.8, 4) is 5.75 Å². The molecule has 0 radical (unpaired) electrons. The molecule has 1 aromatic rings. The van der Waals surface area contributed by atoms with Crippen molar-refractivity contribution < 1.29 is 4.74 Å². The van der Waals surface area contributed by atoms with Crippen molar-refractivity contribution in [3.63, 3.8) is 0 Å². The molecule has 0 aliphatic rings. The van der Waals surface area contributed by atoms with Crippen LogP contribution in [0, 0.1) is 5.41 Å². The fourth-order valence-corrected chi connectivity index (χ4v) is 1.15. The van der Waals surface area contributed by atoms with Crippen LogP contribution in [0.15, 0.2) is 11.1 Å². The fraction of sp³-hybridized carbons (Fsp3) is 0.636. The number of nitrogens with zero attached hydrogens (tertiary/aromatic N) is 1. The van der Waals surface area contributed by atoms with E-state index in [1.165, 1.54) is 13.4 Å². The summed E-state index contributed by atoms with van der Waals surface area (Å²) in [6, 6.07) is 0. The second kappa shape index (κ2) is 5.01. The highest BCUT2D eigenvalue weighted by molar-refractivity contribution is 5.47. The van der Waals surface area contributed by atoms with Crippen molar-refractivity contribution in [2.45, 2.75) is 27.2 Å². The van der Waals surface area contributed by atoms with Crippen LogP contribution in [0.1, 0.15) is 27.2 Å². The lowest BCUT2D eigenvalue weighted by Gasteiger charge is -2.23. The first-order valence-electron chi connectivity index (χ1n) is 5.35. The molecule has 90 valence electrons. The van der Waals surface area contributed by atoms with E-state index in [0.717, 1.165) is 13.0 Å². The molecule has 5 nitrogen and oxygen atoms in total. The summed E-state index contributed by atoms with van der Waals surface area (Å²) in [7, 11) is 1.46. The minimum Gasteiger partial charge on any atom is -0.489 e. The quantitative estimate of drug-likeness (QED) is 0.799. The van der Waals surface area contributed by atoms with Crippen molar-refractivity contribution in [2.75, 3.05) is 19.0 Å². The summed E-state index contributed by atoms with van der Waals surface area (Å²) in [6.07, 6.45) is 2.41. The molecule has 0 aliphatic carbocycles. The Morgan fingerprint density at radius 3 is 2.81 bits per heavy atom. The van der Waals surface area contributed by atoms with Gasteiger partial charge in [-0.15, -0.1) is 0 Å². The topological polar surface area (TPSA) is 67.0 Å². The highest BCUT2D eigenvalue weighted by atomic mass is 16.5. The van der Waals surface area contributed by atoms with Gasteiger partial charge in [0, 0.05) is 6.54 Å². The molecule has 0 fully saturated rings. The van der Waals surface area contributed by atoms with Crippen molar-refractivity contribution in [1.29, 1.82) is 0 Å². The third-order valence-electron chi connectivity index (χ3n) is 2.71. The van der Waals surface area contributed by atoms with Crippen LogP contribution in [0.2, 0.25) is 0 Å². The molecule has 0 aliphatic heterocycles. The summed E-state index contributed by atoms with van der Waals surface area (Å²) in [5.74, 6) is 0.724. The first kappa shape index (κ1) is 12.5. The Morgan fingerprint density at radius 1 is 1.56 bits per heavy atom. The molecule has 0 amide bonds. The third kappa shape index (κ3) is 2.98. The van der Waals surface area contributed by atoms with E-state index in [2.05, 4.69) is 36.1 Å². The zero-order valence-electron chi connectivity index (χ0n) is 10.3. The number of rotatable bonds is 5. The molecule has 0 unspecified atom stereocenters. The summed E-state index contributed by atoms with van der Waals surface area (Å²) >= 11 is 0. The number of ether oxygens (including phenoxy) is 1. The van der Waals surface area contributed by atoms with Gasteiger partial charge in [0.15, 0.2) is 5.82 Å². The molecule has 0 aromatic carbocycles. The van der Waals surface area contributed by atoms with E-state index in [-0.39, 0.29) is 16.7 Å². The number of nitrogens with one attached hydrogen (secondary N) is 2. The highest BCUT2D eigenvalue weighted by Gasteiger charge is 2.16. The Kier molecular flexibility index (Phi) is 3.93. The van der Waals surface area contributed by atoms with Gasteiger partial charge in [-0.2, -0.15) is 0 Å². The Balaban J connectivity index is 2.82. The van der Waals surface area contributed by atoms with Crippen LogP contribution < -0.4 is 15.6 Å². The summed E-state index contributed by atoms with van der Waals surface area (Å²) < 4.78 is 5.01. The van der Waals surface area contributed by atoms with Gasteiger partial charge in [-0.05, 0) is 11.8 Å². The van der Waals surface area contributed by atoms with Gasteiger partial charge in [0.05, 0.1) is 13.4 Å². The lowest BCUT2D eigenvalue weighted by molar-refractivity contribution is 0.373. The standard InChI is InChI=1S/C11H19N3O2/c1-5-11(2,3)6-12-9-8(16-4)10(15)14-7-13-9/h7H,5-6H2,1-4H3,(H2,12,13,14,15). The molecule has 1 aromatic heterocycles. The van der Waals surface area contributed by atoms with Gasteiger partial charge in [-0.3, -0.25) is 4.79 Å². The largest absolute Gasteiger partial charge is 0.489 e. The maximum atomic E-state index is 11.4. The first-order chi connectivity index (χ1) is 7.50. The summed E-state index contributed by atoms with van der Waals surface area (Å²) in [5, 5.41) is 3.14. The minimum atomic E-state index is -0.269.